The molecule has 0 atom stereocenters. The number of rotatable bonds is 2. The highest BCUT2D eigenvalue weighted by Crippen LogP contribution is 2.29. The summed E-state index contributed by atoms with van der Waals surface area (Å²) in [6.45, 7) is 0. The van der Waals surface area contributed by atoms with Crippen molar-refractivity contribution < 1.29 is 13.5 Å². The van der Waals surface area contributed by atoms with Gasteiger partial charge in [0.1, 0.15) is 17.1 Å². The van der Waals surface area contributed by atoms with Gasteiger partial charge in [0.25, 0.3) is 0 Å². The van der Waals surface area contributed by atoms with Gasteiger partial charge in [0.2, 0.25) is 0 Å². The molecule has 3 aromatic rings. The van der Waals surface area contributed by atoms with E-state index in [4.69, 9.17) is 4.74 Å². The lowest BCUT2D eigenvalue weighted by atomic mass is 10.3. The molecule has 0 radical (unpaired) electrons. The van der Waals surface area contributed by atoms with Gasteiger partial charge >= 0.3 is 0 Å². The maximum atomic E-state index is 14.2. The highest BCUT2D eigenvalue weighted by Gasteiger charge is 2.13. The minimum absolute atomic E-state index is 0.0574. The number of hydrogen-bond donors (Lipinski definition) is 1. The molecule has 1 N–H and O–H groups in total. The number of H-pyrrole nitrogens is 1. The van der Waals surface area contributed by atoms with Gasteiger partial charge < -0.3 is 9.72 Å². The van der Waals surface area contributed by atoms with Crippen LogP contribution >= 0.6 is 22.6 Å². The van der Waals surface area contributed by atoms with Gasteiger partial charge in [-0.15, -0.1) is 0 Å². The zero-order valence-electron chi connectivity index (χ0n) is 9.45. The minimum atomic E-state index is -0.541. The van der Waals surface area contributed by atoms with Crippen LogP contribution in [0, 0.1) is 15.5 Å². The Morgan fingerprint density at radius 2 is 1.79 bits per heavy atom. The largest absolute Gasteiger partial charge is 0.454 e. The Kier molecular flexibility index (Phi) is 3.09. The number of hydrogen-bond acceptors (Lipinski definition) is 2. The summed E-state index contributed by atoms with van der Waals surface area (Å²) in [5, 5.41) is 0. The third kappa shape index (κ3) is 2.40. The van der Waals surface area contributed by atoms with Gasteiger partial charge in [0.15, 0.2) is 15.4 Å². The zero-order valence-corrected chi connectivity index (χ0v) is 11.6. The summed E-state index contributed by atoms with van der Waals surface area (Å²) in [5.74, 6) is -0.488. The van der Waals surface area contributed by atoms with Crippen molar-refractivity contribution in [3.05, 3.63) is 51.9 Å². The average Bonchev–Trinajstić information content (AvgIpc) is 2.77. The molecule has 0 amide bonds. The Labute approximate surface area is 120 Å². The number of fused-ring (bicyclic) bond motifs is 1. The molecule has 6 heteroatoms. The number of nitrogens with zero attached hydrogens (tertiary/aromatic N) is 1. The van der Waals surface area contributed by atoms with Crippen LogP contribution in [0.4, 0.5) is 8.78 Å². The monoisotopic (exact) mass is 372 g/mol. The third-order valence-electron chi connectivity index (χ3n) is 2.57. The van der Waals surface area contributed by atoms with Gasteiger partial charge in [0.05, 0.1) is 5.52 Å². The van der Waals surface area contributed by atoms with Crippen LogP contribution in [0.15, 0.2) is 36.4 Å². The summed E-state index contributed by atoms with van der Waals surface area (Å²) in [6, 6.07) is 8.58. The van der Waals surface area contributed by atoms with E-state index < -0.39 is 5.82 Å². The van der Waals surface area contributed by atoms with Crippen molar-refractivity contribution in [2.75, 3.05) is 0 Å². The predicted molar refractivity (Wildman–Crippen MR) is 75.2 cm³/mol. The molecule has 0 aliphatic heterocycles. The van der Waals surface area contributed by atoms with Crippen LogP contribution < -0.4 is 4.74 Å². The number of halogens is 3. The predicted octanol–water partition coefficient (Wildman–Crippen LogP) is 4.24. The Balaban J connectivity index is 2.00. The smallest absolute Gasteiger partial charge is 0.193 e. The van der Waals surface area contributed by atoms with Crippen LogP contribution in [0.3, 0.4) is 0 Å². The van der Waals surface area contributed by atoms with Crippen molar-refractivity contribution in [2.45, 2.75) is 0 Å². The summed E-state index contributed by atoms with van der Waals surface area (Å²) in [4.78, 5) is 6.97. The van der Waals surface area contributed by atoms with E-state index in [1.54, 1.807) is 6.07 Å². The zero-order chi connectivity index (χ0) is 13.4. The quantitative estimate of drug-likeness (QED) is 0.684. The molecule has 0 aliphatic rings. The number of aromatic amines is 1. The van der Waals surface area contributed by atoms with E-state index >= 15 is 0 Å². The molecule has 19 heavy (non-hydrogen) atoms. The molecule has 96 valence electrons. The molecule has 0 spiro atoms. The van der Waals surface area contributed by atoms with Crippen molar-refractivity contribution in [3.63, 3.8) is 0 Å². The van der Waals surface area contributed by atoms with Crippen LogP contribution in [0.2, 0.25) is 0 Å². The fraction of sp³-hybridized carbons (Fsp3) is 0. The van der Waals surface area contributed by atoms with Gasteiger partial charge in [-0.3, -0.25) is 0 Å². The van der Waals surface area contributed by atoms with Gasteiger partial charge in [-0.25, -0.2) is 13.8 Å². The summed E-state index contributed by atoms with van der Waals surface area (Å²) in [7, 11) is 0. The van der Waals surface area contributed by atoms with E-state index in [1.165, 1.54) is 30.3 Å². The molecule has 2 aromatic carbocycles. The lowest BCUT2D eigenvalue weighted by molar-refractivity contribution is 0.444. The van der Waals surface area contributed by atoms with Crippen molar-refractivity contribution in [3.8, 4) is 11.5 Å². The lowest BCUT2D eigenvalue weighted by Crippen LogP contribution is -1.89. The SMILES string of the molecule is Fc1ccc(Oc2ccc3[nH]c(I)nc3c2F)cc1. The highest BCUT2D eigenvalue weighted by atomic mass is 127. The first-order valence-electron chi connectivity index (χ1n) is 5.40. The Morgan fingerprint density at radius 1 is 1.05 bits per heavy atom. The van der Waals surface area contributed by atoms with Crippen LogP contribution in [0.25, 0.3) is 11.0 Å². The topological polar surface area (TPSA) is 37.9 Å². The van der Waals surface area contributed by atoms with Crippen LogP contribution in [0.1, 0.15) is 0 Å². The highest BCUT2D eigenvalue weighted by molar-refractivity contribution is 14.1. The van der Waals surface area contributed by atoms with E-state index in [1.807, 2.05) is 22.6 Å². The summed E-state index contributed by atoms with van der Waals surface area (Å²) >= 11 is 1.97. The third-order valence-corrected chi connectivity index (χ3v) is 3.08. The molecular weight excluding hydrogens is 365 g/mol. The minimum Gasteiger partial charge on any atom is -0.454 e. The van der Waals surface area contributed by atoms with E-state index in [0.29, 0.717) is 15.1 Å². The molecule has 0 unspecified atom stereocenters. The molecule has 1 heterocycles. The normalized spacial score (nSPS) is 10.9. The maximum Gasteiger partial charge on any atom is 0.193 e. The second kappa shape index (κ2) is 4.76. The molecule has 3 rings (SSSR count). The number of aromatic nitrogens is 2. The first-order chi connectivity index (χ1) is 9.13. The van der Waals surface area contributed by atoms with Gasteiger partial charge in [-0.2, -0.15) is 0 Å². The number of benzene rings is 2. The Bertz CT molecular complexity index is 740. The molecule has 1 aromatic heterocycles. The van der Waals surface area contributed by atoms with Crippen LogP contribution in [-0.2, 0) is 0 Å². The standard InChI is InChI=1S/C13H7F2IN2O/c14-7-1-3-8(4-2-7)19-10-6-5-9-12(11(10)15)18-13(16)17-9/h1-6H,(H,17,18). The molecule has 0 saturated heterocycles. The second-order valence-corrected chi connectivity index (χ2v) is 4.88. The van der Waals surface area contributed by atoms with Gasteiger partial charge in [-0.1, -0.05) is 0 Å². The number of nitrogens with one attached hydrogen (secondary N) is 1. The first-order valence-corrected chi connectivity index (χ1v) is 6.48. The van der Waals surface area contributed by atoms with Gasteiger partial charge in [0, 0.05) is 0 Å². The molecule has 0 fully saturated rings. The fourth-order valence-electron chi connectivity index (χ4n) is 1.70. The molecule has 0 bridgehead atoms. The Morgan fingerprint density at radius 3 is 2.53 bits per heavy atom. The van der Waals surface area contributed by atoms with Crippen LogP contribution in [-0.4, -0.2) is 9.97 Å². The number of ether oxygens (including phenoxy) is 1. The first kappa shape index (κ1) is 12.3. The van der Waals surface area contributed by atoms with Crippen LogP contribution in [0.5, 0.6) is 11.5 Å². The van der Waals surface area contributed by atoms with Crippen molar-refractivity contribution in [2.24, 2.45) is 0 Å². The van der Waals surface area contributed by atoms with Gasteiger partial charge in [-0.05, 0) is 59.0 Å². The van der Waals surface area contributed by atoms with E-state index in [9.17, 15) is 8.78 Å². The number of imidazole rings is 1. The Hall–Kier alpha value is -1.70. The van der Waals surface area contributed by atoms with Crippen molar-refractivity contribution >= 4 is 33.6 Å². The second-order valence-electron chi connectivity index (χ2n) is 3.86. The summed E-state index contributed by atoms with van der Waals surface area (Å²) in [6.07, 6.45) is 0. The maximum absolute atomic E-state index is 14.2. The fourth-order valence-corrected chi connectivity index (χ4v) is 2.23. The molecule has 0 aliphatic carbocycles. The molecule has 0 saturated carbocycles. The summed E-state index contributed by atoms with van der Waals surface area (Å²) in [5.41, 5.74) is 0.831. The van der Waals surface area contributed by atoms with Crippen molar-refractivity contribution in [1.82, 2.24) is 9.97 Å². The average molecular weight is 372 g/mol. The lowest BCUT2D eigenvalue weighted by Gasteiger charge is -2.06. The van der Waals surface area contributed by atoms with E-state index in [0.717, 1.165) is 0 Å². The van der Waals surface area contributed by atoms with Crippen molar-refractivity contribution in [1.29, 1.82) is 0 Å². The molecule has 3 nitrogen and oxygen atoms in total. The van der Waals surface area contributed by atoms with E-state index in [-0.39, 0.29) is 17.1 Å². The molecular formula is C13H7F2IN2O. The summed E-state index contributed by atoms with van der Waals surface area (Å²) < 4.78 is 32.9. The van der Waals surface area contributed by atoms with E-state index in [2.05, 4.69) is 9.97 Å².